The Morgan fingerprint density at radius 2 is 1.94 bits per heavy atom. The molecule has 12 heteroatoms. The summed E-state index contributed by atoms with van der Waals surface area (Å²) in [5.74, 6) is 0.257. The van der Waals surface area contributed by atoms with Gasteiger partial charge in [-0.15, -0.1) is 28.1 Å². The number of ether oxygens (including phenoxy) is 1. The zero-order valence-electron chi connectivity index (χ0n) is 20.4. The van der Waals surface area contributed by atoms with Crippen molar-refractivity contribution >= 4 is 28.4 Å². The van der Waals surface area contributed by atoms with Crippen LogP contribution < -0.4 is 10.5 Å². The van der Waals surface area contributed by atoms with Crippen LogP contribution in [0.4, 0.5) is 10.3 Å². The van der Waals surface area contributed by atoms with Crippen LogP contribution in [-0.2, 0) is 6.42 Å². The fourth-order valence-corrected chi connectivity index (χ4v) is 3.22. The number of carbonyl (C=O) groups is 1. The van der Waals surface area contributed by atoms with Gasteiger partial charge in [-0.2, -0.15) is 4.52 Å². The minimum absolute atomic E-state index is 0.0271. The number of amides is 1. The zero-order chi connectivity index (χ0) is 26.1. The number of nitrogens with zero attached hydrogens (tertiary/aromatic N) is 7. The maximum Gasteiger partial charge on any atom is 0.311 e. The van der Waals surface area contributed by atoms with E-state index in [1.807, 2.05) is 13.8 Å². The van der Waals surface area contributed by atoms with Crippen LogP contribution in [0.25, 0.3) is 16.6 Å². The van der Waals surface area contributed by atoms with Gasteiger partial charge in [-0.3, -0.25) is 4.79 Å². The van der Waals surface area contributed by atoms with E-state index in [1.165, 1.54) is 28.7 Å². The zero-order valence-corrected chi connectivity index (χ0v) is 20.4. The molecule has 3 aromatic heterocycles. The molecular weight excluding hydrogens is 455 g/mol. The lowest BCUT2D eigenvalue weighted by Crippen LogP contribution is -2.28. The van der Waals surface area contributed by atoms with E-state index in [4.69, 9.17) is 14.9 Å². The molecule has 0 aliphatic carbocycles. The van der Waals surface area contributed by atoms with Gasteiger partial charge in [0.15, 0.2) is 23.0 Å². The Morgan fingerprint density at radius 3 is 2.57 bits per heavy atom. The number of fused-ring (bicyclic) bond motifs is 3. The number of hydrogen-bond donors (Lipinski definition) is 1. The molecule has 4 aromatic rings. The molecule has 3 heterocycles. The van der Waals surface area contributed by atoms with Crippen LogP contribution in [0.1, 0.15) is 49.1 Å². The molecule has 186 valence electrons. The Hall–Kier alpha value is -4.27. The number of nitrogens with two attached hydrogens (primary N) is 1. The van der Waals surface area contributed by atoms with E-state index < -0.39 is 5.82 Å². The van der Waals surface area contributed by atoms with Crippen molar-refractivity contribution in [2.75, 3.05) is 26.4 Å². The van der Waals surface area contributed by atoms with Crippen LogP contribution in [0.15, 0.2) is 16.5 Å². The summed E-state index contributed by atoms with van der Waals surface area (Å²) in [5, 5.41) is 12.3. The summed E-state index contributed by atoms with van der Waals surface area (Å²) in [4.78, 5) is 22.5. The van der Waals surface area contributed by atoms with Crippen molar-refractivity contribution in [3.8, 4) is 18.6 Å². The van der Waals surface area contributed by atoms with Gasteiger partial charge in [0, 0.05) is 38.4 Å². The van der Waals surface area contributed by atoms with Gasteiger partial charge in [-0.05, 0) is 18.9 Å². The van der Waals surface area contributed by atoms with Crippen molar-refractivity contribution < 1.29 is 18.3 Å². The number of anilines is 1. The summed E-state index contributed by atoms with van der Waals surface area (Å²) < 4.78 is 25.7. The monoisotopic (exact) mass is 484 g/mol. The predicted molar refractivity (Wildman–Crippen MR) is 129 cm³/mol. The second kappa shape index (κ2) is 12.3. The van der Waals surface area contributed by atoms with Gasteiger partial charge in [-0.25, -0.2) is 14.4 Å². The number of methoxy groups -OCH3 is 1. The lowest BCUT2D eigenvalue weighted by molar-refractivity contribution is 0.0752. The molecule has 0 radical (unpaired) electrons. The Morgan fingerprint density at radius 1 is 1.23 bits per heavy atom. The molecule has 35 heavy (non-hydrogen) atoms. The first-order valence-corrected chi connectivity index (χ1v) is 10.9. The molecule has 0 aliphatic heterocycles. The molecule has 11 nitrogen and oxygen atoms in total. The lowest BCUT2D eigenvalue weighted by atomic mass is 10.2. The van der Waals surface area contributed by atoms with Crippen LogP contribution in [-0.4, -0.2) is 61.3 Å². The van der Waals surface area contributed by atoms with Crippen molar-refractivity contribution in [2.24, 2.45) is 0 Å². The predicted octanol–water partition coefficient (Wildman–Crippen LogP) is 3.07. The van der Waals surface area contributed by atoms with Crippen LogP contribution in [0, 0.1) is 25.6 Å². The highest BCUT2D eigenvalue weighted by molar-refractivity contribution is 5.93. The summed E-state index contributed by atoms with van der Waals surface area (Å²) >= 11 is 0. The highest BCUT2D eigenvalue weighted by Gasteiger charge is 2.18. The maximum atomic E-state index is 14.2. The first kappa shape index (κ1) is 27.0. The van der Waals surface area contributed by atoms with E-state index in [9.17, 15) is 9.18 Å². The Kier molecular flexibility index (Phi) is 9.45. The molecule has 0 fully saturated rings. The highest BCUT2D eigenvalue weighted by atomic mass is 19.1. The van der Waals surface area contributed by atoms with Gasteiger partial charge in [-0.1, -0.05) is 13.8 Å². The topological polar surface area (TPSA) is 138 Å². The molecule has 0 atom stereocenters. The minimum atomic E-state index is -0.517. The minimum Gasteiger partial charge on any atom is -0.494 e. The first-order valence-electron chi connectivity index (χ1n) is 10.9. The van der Waals surface area contributed by atoms with Crippen molar-refractivity contribution in [3.63, 3.8) is 0 Å². The lowest BCUT2D eigenvalue weighted by Gasteiger charge is -2.14. The summed E-state index contributed by atoms with van der Waals surface area (Å²) in [6.07, 6.45) is 10.00. The van der Waals surface area contributed by atoms with E-state index in [-0.39, 0.29) is 23.5 Å². The Labute approximate surface area is 202 Å². The summed E-state index contributed by atoms with van der Waals surface area (Å²) in [6.45, 7) is 6.13. The number of benzene rings is 1. The van der Waals surface area contributed by atoms with Gasteiger partial charge in [0.2, 0.25) is 11.8 Å². The number of aryl methyl sites for hydroxylation is 2. The van der Waals surface area contributed by atoms with Crippen LogP contribution >= 0.6 is 0 Å². The number of nitrogen functional groups attached to an aromatic ring is 1. The van der Waals surface area contributed by atoms with E-state index in [2.05, 4.69) is 38.1 Å². The van der Waals surface area contributed by atoms with Gasteiger partial charge in [0.1, 0.15) is 0 Å². The smallest absolute Gasteiger partial charge is 0.311 e. The number of unbranched alkanes of at least 4 members (excludes halogenated alkanes) is 1. The summed E-state index contributed by atoms with van der Waals surface area (Å²) in [6, 6.07) is 2.79. The molecule has 0 aliphatic rings. The standard InChI is InChI=1S/C19H21FN8O3.C2H6.C2H2/c1-10-24-25-17(31-10)18(29)27(2)7-5-4-6-15-23-16-11-8-12(20)14(30-3)9-13(11)22-19(21)28(16)26-15;2*1-2/h8-9H,4-7H2,1-3H3,(H2,21,22);1-2H3;1-2H. The molecule has 1 aromatic carbocycles. The van der Waals surface area contributed by atoms with Crippen molar-refractivity contribution in [3.05, 3.63) is 35.6 Å². The average Bonchev–Trinajstić information content (AvgIpc) is 3.51. The first-order chi connectivity index (χ1) is 16.9. The molecule has 1 amide bonds. The van der Waals surface area contributed by atoms with E-state index >= 15 is 0 Å². The number of carbonyl (C=O) groups excluding carboxylic acids is 1. The largest absolute Gasteiger partial charge is 0.494 e. The third-order valence-corrected chi connectivity index (χ3v) is 4.81. The molecule has 0 saturated carbocycles. The van der Waals surface area contributed by atoms with Gasteiger partial charge >= 0.3 is 11.8 Å². The molecule has 0 saturated heterocycles. The Bertz CT molecular complexity index is 1310. The number of halogens is 1. The van der Waals surface area contributed by atoms with Crippen molar-refractivity contribution in [1.29, 1.82) is 0 Å². The molecule has 2 N–H and O–H groups in total. The van der Waals surface area contributed by atoms with Crippen LogP contribution in [0.2, 0.25) is 0 Å². The summed E-state index contributed by atoms with van der Waals surface area (Å²) in [7, 11) is 3.06. The quantitative estimate of drug-likeness (QED) is 0.310. The average molecular weight is 485 g/mol. The molecule has 0 bridgehead atoms. The molecule has 0 unspecified atom stereocenters. The number of rotatable bonds is 7. The number of aromatic nitrogens is 6. The number of hydrogen-bond acceptors (Lipinski definition) is 9. The SMILES string of the molecule is C#C.CC.COc1cc2nc(N)n3nc(CCCCN(C)C(=O)c4nnc(C)o4)nc3c2cc1F. The van der Waals surface area contributed by atoms with Crippen LogP contribution in [0.3, 0.4) is 0 Å². The summed E-state index contributed by atoms with van der Waals surface area (Å²) in [5.41, 5.74) is 6.90. The second-order valence-corrected chi connectivity index (χ2v) is 7.05. The van der Waals surface area contributed by atoms with Gasteiger partial charge in [0.05, 0.1) is 12.6 Å². The third-order valence-electron chi connectivity index (χ3n) is 4.81. The fraction of sp³-hybridized carbons (Fsp3) is 0.391. The maximum absolute atomic E-state index is 14.2. The third kappa shape index (κ3) is 6.00. The normalized spacial score (nSPS) is 10.3. The van der Waals surface area contributed by atoms with E-state index in [1.54, 1.807) is 14.0 Å². The molecule has 0 spiro atoms. The van der Waals surface area contributed by atoms with Crippen LogP contribution in [0.5, 0.6) is 5.75 Å². The van der Waals surface area contributed by atoms with Gasteiger partial charge < -0.3 is 19.8 Å². The molecular formula is C23H29FN8O3. The van der Waals surface area contributed by atoms with Crippen molar-refractivity contribution in [2.45, 2.75) is 40.0 Å². The van der Waals surface area contributed by atoms with Gasteiger partial charge in [0.25, 0.3) is 0 Å². The second-order valence-electron chi connectivity index (χ2n) is 7.05. The number of terminal acetylenes is 1. The molecule has 4 rings (SSSR count). The Balaban J connectivity index is 0.00000103. The van der Waals surface area contributed by atoms with E-state index in [0.29, 0.717) is 47.7 Å². The highest BCUT2D eigenvalue weighted by Crippen LogP contribution is 2.27. The fourth-order valence-electron chi connectivity index (χ4n) is 3.22. The van der Waals surface area contributed by atoms with Crippen molar-refractivity contribution in [1.82, 2.24) is 34.7 Å². The van der Waals surface area contributed by atoms with E-state index in [0.717, 1.165) is 6.42 Å².